The quantitative estimate of drug-likeness (QED) is 0.821. The van der Waals surface area contributed by atoms with Crippen molar-refractivity contribution in [3.05, 3.63) is 0 Å². The zero-order valence-electron chi connectivity index (χ0n) is 12.4. The lowest BCUT2D eigenvalue weighted by Gasteiger charge is -2.46. The topological polar surface area (TPSA) is 43.8 Å². The molecule has 19 heavy (non-hydrogen) atoms. The van der Waals surface area contributed by atoms with Crippen molar-refractivity contribution >= 4 is 5.91 Å². The van der Waals surface area contributed by atoms with E-state index in [1.807, 2.05) is 0 Å². The normalized spacial score (nSPS) is 24.9. The van der Waals surface area contributed by atoms with Gasteiger partial charge in [0.25, 0.3) is 0 Å². The molecule has 0 spiro atoms. The zero-order valence-corrected chi connectivity index (χ0v) is 12.4. The van der Waals surface area contributed by atoms with Crippen LogP contribution >= 0.6 is 0 Å². The molecular formula is C15H28N2O2. The number of aliphatic hydroxyl groups is 1. The third kappa shape index (κ3) is 2.79. The molecule has 1 aliphatic heterocycles. The van der Waals surface area contributed by atoms with Gasteiger partial charge in [0.15, 0.2) is 0 Å². The van der Waals surface area contributed by atoms with Gasteiger partial charge < -0.3 is 10.0 Å². The van der Waals surface area contributed by atoms with Crippen LogP contribution in [0, 0.1) is 5.41 Å². The first-order valence-corrected chi connectivity index (χ1v) is 7.81. The van der Waals surface area contributed by atoms with Crippen LogP contribution in [0.2, 0.25) is 0 Å². The molecule has 0 bridgehead atoms. The highest BCUT2D eigenvalue weighted by atomic mass is 16.3. The Morgan fingerprint density at radius 2 is 1.84 bits per heavy atom. The summed E-state index contributed by atoms with van der Waals surface area (Å²) in [6.07, 6.45) is 5.33. The Morgan fingerprint density at radius 3 is 2.21 bits per heavy atom. The van der Waals surface area contributed by atoms with Crippen LogP contribution in [-0.2, 0) is 4.79 Å². The molecule has 4 heteroatoms. The number of amides is 1. The molecule has 2 rings (SSSR count). The molecular weight excluding hydrogens is 240 g/mol. The number of carbonyl (C=O) groups is 1. The number of carbonyl (C=O) groups excluding carboxylic acids is 1. The molecule has 1 saturated heterocycles. The van der Waals surface area contributed by atoms with Crippen LogP contribution in [-0.4, -0.2) is 59.6 Å². The Kier molecular flexibility index (Phi) is 4.85. The van der Waals surface area contributed by atoms with Gasteiger partial charge >= 0.3 is 0 Å². The molecule has 1 atom stereocenters. The van der Waals surface area contributed by atoms with Crippen LogP contribution < -0.4 is 0 Å². The molecule has 2 aliphatic rings. The van der Waals surface area contributed by atoms with Gasteiger partial charge in [0.1, 0.15) is 0 Å². The van der Waals surface area contributed by atoms with Gasteiger partial charge in [-0.1, -0.05) is 20.3 Å². The monoisotopic (exact) mass is 268 g/mol. The SMILES string of the molecule is CCC(CO)N1CCN(C(=O)C2(CC)CCC2)CC1. The summed E-state index contributed by atoms with van der Waals surface area (Å²) in [5, 5.41) is 9.35. The third-order valence-electron chi connectivity index (χ3n) is 5.24. The van der Waals surface area contributed by atoms with Crippen molar-refractivity contribution in [3.63, 3.8) is 0 Å². The van der Waals surface area contributed by atoms with E-state index in [2.05, 4.69) is 23.6 Å². The van der Waals surface area contributed by atoms with E-state index in [1.54, 1.807) is 0 Å². The summed E-state index contributed by atoms with van der Waals surface area (Å²) in [5.74, 6) is 0.387. The molecule has 1 N–H and O–H groups in total. The number of aliphatic hydroxyl groups excluding tert-OH is 1. The van der Waals surface area contributed by atoms with Crippen LogP contribution in [0.25, 0.3) is 0 Å². The van der Waals surface area contributed by atoms with Crippen LogP contribution in [0.4, 0.5) is 0 Å². The average molecular weight is 268 g/mol. The average Bonchev–Trinajstić information content (AvgIpc) is 2.40. The fraction of sp³-hybridized carbons (Fsp3) is 0.933. The predicted molar refractivity (Wildman–Crippen MR) is 75.9 cm³/mol. The predicted octanol–water partition coefficient (Wildman–Crippen LogP) is 1.48. The van der Waals surface area contributed by atoms with Crippen LogP contribution in [0.5, 0.6) is 0 Å². The van der Waals surface area contributed by atoms with Crippen molar-refractivity contribution < 1.29 is 9.90 Å². The minimum Gasteiger partial charge on any atom is -0.395 e. The van der Waals surface area contributed by atoms with Gasteiger partial charge in [-0.25, -0.2) is 0 Å². The minimum atomic E-state index is -0.0245. The summed E-state index contributed by atoms with van der Waals surface area (Å²) < 4.78 is 0. The van der Waals surface area contributed by atoms with E-state index in [9.17, 15) is 9.90 Å². The molecule has 0 aromatic carbocycles. The van der Waals surface area contributed by atoms with E-state index in [0.717, 1.165) is 51.9 Å². The number of nitrogens with zero attached hydrogens (tertiary/aromatic N) is 2. The van der Waals surface area contributed by atoms with E-state index in [-0.39, 0.29) is 18.1 Å². The molecule has 0 radical (unpaired) electrons. The highest BCUT2D eigenvalue weighted by Crippen LogP contribution is 2.45. The molecule has 1 saturated carbocycles. The first kappa shape index (κ1) is 14.8. The Bertz CT molecular complexity index is 298. The second kappa shape index (κ2) is 6.23. The van der Waals surface area contributed by atoms with Crippen molar-refractivity contribution in [1.82, 2.24) is 9.80 Å². The Balaban J connectivity index is 1.87. The summed E-state index contributed by atoms with van der Waals surface area (Å²) in [7, 11) is 0. The lowest BCUT2D eigenvalue weighted by atomic mass is 9.66. The maximum atomic E-state index is 12.6. The van der Waals surface area contributed by atoms with Gasteiger partial charge in [-0.3, -0.25) is 9.69 Å². The second-order valence-electron chi connectivity index (χ2n) is 6.06. The molecule has 1 heterocycles. The Hall–Kier alpha value is -0.610. The molecule has 0 aromatic rings. The van der Waals surface area contributed by atoms with Gasteiger partial charge in [0.2, 0.25) is 5.91 Å². The molecule has 2 fully saturated rings. The fourth-order valence-corrected chi connectivity index (χ4v) is 3.45. The van der Waals surface area contributed by atoms with Crippen molar-refractivity contribution in [3.8, 4) is 0 Å². The molecule has 1 aliphatic carbocycles. The van der Waals surface area contributed by atoms with E-state index in [4.69, 9.17) is 0 Å². The molecule has 1 amide bonds. The van der Waals surface area contributed by atoms with Crippen LogP contribution in [0.3, 0.4) is 0 Å². The first-order chi connectivity index (χ1) is 9.16. The maximum absolute atomic E-state index is 12.6. The van der Waals surface area contributed by atoms with Crippen LogP contribution in [0.15, 0.2) is 0 Å². The van der Waals surface area contributed by atoms with Gasteiger partial charge in [-0.2, -0.15) is 0 Å². The largest absolute Gasteiger partial charge is 0.395 e. The third-order valence-corrected chi connectivity index (χ3v) is 5.24. The minimum absolute atomic E-state index is 0.0245. The summed E-state index contributed by atoms with van der Waals surface area (Å²) in [6, 6.07) is 0.265. The highest BCUT2D eigenvalue weighted by molar-refractivity contribution is 5.83. The number of piperazine rings is 1. The van der Waals surface area contributed by atoms with Gasteiger partial charge in [0.05, 0.1) is 6.61 Å². The highest BCUT2D eigenvalue weighted by Gasteiger charge is 2.45. The second-order valence-corrected chi connectivity index (χ2v) is 6.06. The summed E-state index contributed by atoms with van der Waals surface area (Å²) in [6.45, 7) is 7.96. The zero-order chi connectivity index (χ0) is 13.9. The summed E-state index contributed by atoms with van der Waals surface area (Å²) >= 11 is 0. The maximum Gasteiger partial charge on any atom is 0.228 e. The molecule has 110 valence electrons. The van der Waals surface area contributed by atoms with E-state index in [1.165, 1.54) is 6.42 Å². The standard InChI is InChI=1S/C15H28N2O2/c1-3-13(12-18)16-8-10-17(11-9-16)14(19)15(4-2)6-5-7-15/h13,18H,3-12H2,1-2H3. The Labute approximate surface area is 116 Å². The van der Waals surface area contributed by atoms with Crippen molar-refractivity contribution in [1.29, 1.82) is 0 Å². The van der Waals surface area contributed by atoms with Gasteiger partial charge in [-0.05, 0) is 25.7 Å². The van der Waals surface area contributed by atoms with Crippen molar-refractivity contribution in [2.24, 2.45) is 5.41 Å². The molecule has 4 nitrogen and oxygen atoms in total. The van der Waals surface area contributed by atoms with Crippen molar-refractivity contribution in [2.45, 2.75) is 52.0 Å². The first-order valence-electron chi connectivity index (χ1n) is 7.81. The lowest BCUT2D eigenvalue weighted by molar-refractivity contribution is -0.150. The lowest BCUT2D eigenvalue weighted by Crippen LogP contribution is -2.56. The molecule has 1 unspecified atom stereocenters. The van der Waals surface area contributed by atoms with E-state index < -0.39 is 0 Å². The molecule has 0 aromatic heterocycles. The van der Waals surface area contributed by atoms with Gasteiger partial charge in [0, 0.05) is 37.6 Å². The summed E-state index contributed by atoms with van der Waals surface area (Å²) in [5.41, 5.74) is -0.0245. The Morgan fingerprint density at radius 1 is 1.21 bits per heavy atom. The van der Waals surface area contributed by atoms with E-state index >= 15 is 0 Å². The number of rotatable bonds is 5. The fourth-order valence-electron chi connectivity index (χ4n) is 3.45. The van der Waals surface area contributed by atoms with Crippen molar-refractivity contribution in [2.75, 3.05) is 32.8 Å². The number of hydrogen-bond acceptors (Lipinski definition) is 3. The van der Waals surface area contributed by atoms with E-state index in [0.29, 0.717) is 5.91 Å². The van der Waals surface area contributed by atoms with Gasteiger partial charge in [-0.15, -0.1) is 0 Å². The smallest absolute Gasteiger partial charge is 0.228 e. The summed E-state index contributed by atoms with van der Waals surface area (Å²) in [4.78, 5) is 17.0. The van der Waals surface area contributed by atoms with Crippen LogP contribution in [0.1, 0.15) is 46.0 Å². The number of hydrogen-bond donors (Lipinski definition) is 1.